The van der Waals surface area contributed by atoms with Crippen molar-refractivity contribution in [3.63, 3.8) is 0 Å². The molecule has 0 aromatic carbocycles. The number of Topliss-reactive ketones (excluding diaryl/α,β-unsaturated/α-hetero) is 2. The van der Waals surface area contributed by atoms with Gasteiger partial charge >= 0.3 is 6.18 Å². The van der Waals surface area contributed by atoms with E-state index >= 15 is 0 Å². The molecule has 2 aliphatic rings. The summed E-state index contributed by atoms with van der Waals surface area (Å²) in [5, 5.41) is 12.1. The number of nitriles is 1. The maximum Gasteiger partial charge on any atom is 0.405 e. The molecule has 0 heterocycles. The third-order valence-corrected chi connectivity index (χ3v) is 12.1. The van der Waals surface area contributed by atoms with E-state index in [4.69, 9.17) is 0 Å². The van der Waals surface area contributed by atoms with Crippen LogP contribution in [0.4, 0.5) is 13.2 Å². The van der Waals surface area contributed by atoms with E-state index < -0.39 is 45.7 Å². The number of hydrogen-bond acceptors (Lipinski definition) is 4. The van der Waals surface area contributed by atoms with Crippen molar-refractivity contribution in [2.45, 2.75) is 134 Å². The molecule has 1 fully saturated rings. The summed E-state index contributed by atoms with van der Waals surface area (Å²) in [5.41, 5.74) is -3.08. The Labute approximate surface area is 257 Å². The first-order valence-electron chi connectivity index (χ1n) is 15.8. The lowest BCUT2D eigenvalue weighted by atomic mass is 9.39. The first-order valence-corrected chi connectivity index (χ1v) is 15.8. The molecule has 244 valence electrons. The van der Waals surface area contributed by atoms with Crippen LogP contribution in [0.3, 0.4) is 0 Å². The van der Waals surface area contributed by atoms with E-state index in [1.165, 1.54) is 0 Å². The lowest BCUT2D eigenvalue weighted by molar-refractivity contribution is -0.157. The molecule has 1 saturated carbocycles. The molecule has 0 spiro atoms. The van der Waals surface area contributed by atoms with Crippen LogP contribution < -0.4 is 5.32 Å². The number of nitrogens with zero attached hydrogens (tertiary/aromatic N) is 1. The standard InChI is InChI=1S/C35H55F3N2O3/c1-12-29(3,4)15-17-32(9,28(43)40-22-35(36,37)38)18-16-30(5,6)34(11)14-13-25-31(7,8)27(42)24(21-39)20-33(25,10)26(34)19-23(2)41/h20,25-26H,12-19,22H2,1-11H3,(H,40,43)/t25-,26+,32-,33-,34+/m0/s1. The molecule has 8 heteroatoms. The van der Waals surface area contributed by atoms with Gasteiger partial charge < -0.3 is 10.1 Å². The Balaban J connectivity index is 2.53. The van der Waals surface area contributed by atoms with E-state index in [-0.39, 0.29) is 34.4 Å². The van der Waals surface area contributed by atoms with E-state index in [2.05, 4.69) is 59.9 Å². The van der Waals surface area contributed by atoms with E-state index in [9.17, 15) is 32.8 Å². The fraction of sp³-hybridized carbons (Fsp3) is 0.829. The number of halogens is 3. The Morgan fingerprint density at radius 1 is 1.02 bits per heavy atom. The number of nitrogens with one attached hydrogen (secondary N) is 1. The van der Waals surface area contributed by atoms with Gasteiger partial charge in [-0.3, -0.25) is 9.59 Å². The van der Waals surface area contributed by atoms with Crippen LogP contribution in [0, 0.1) is 55.7 Å². The van der Waals surface area contributed by atoms with Crippen LogP contribution in [-0.4, -0.2) is 30.2 Å². The third-order valence-electron chi connectivity index (χ3n) is 12.1. The topological polar surface area (TPSA) is 87.0 Å². The predicted molar refractivity (Wildman–Crippen MR) is 164 cm³/mol. The molecular formula is C35H55F3N2O3. The van der Waals surface area contributed by atoms with Crippen LogP contribution >= 0.6 is 0 Å². The van der Waals surface area contributed by atoms with Gasteiger partial charge in [0.2, 0.25) is 5.91 Å². The van der Waals surface area contributed by atoms with Gasteiger partial charge in [-0.2, -0.15) is 18.4 Å². The summed E-state index contributed by atoms with van der Waals surface area (Å²) >= 11 is 0. The van der Waals surface area contributed by atoms with E-state index in [0.29, 0.717) is 32.1 Å². The number of allylic oxidation sites excluding steroid dienone is 2. The average molecular weight is 609 g/mol. The van der Waals surface area contributed by atoms with Gasteiger partial charge in [-0.15, -0.1) is 0 Å². The summed E-state index contributed by atoms with van der Waals surface area (Å²) in [6, 6.07) is 2.12. The van der Waals surface area contributed by atoms with Gasteiger partial charge in [-0.1, -0.05) is 81.7 Å². The predicted octanol–water partition coefficient (Wildman–Crippen LogP) is 8.77. The molecule has 1 N–H and O–H groups in total. The monoisotopic (exact) mass is 608 g/mol. The molecule has 5 atom stereocenters. The van der Waals surface area contributed by atoms with Crippen LogP contribution in [0.15, 0.2) is 11.6 Å². The second-order valence-electron chi connectivity index (χ2n) is 16.3. The molecule has 43 heavy (non-hydrogen) atoms. The highest BCUT2D eigenvalue weighted by Gasteiger charge is 2.63. The summed E-state index contributed by atoms with van der Waals surface area (Å²) in [6.45, 7) is 20.7. The Bertz CT molecular complexity index is 1160. The summed E-state index contributed by atoms with van der Waals surface area (Å²) in [4.78, 5) is 39.4. The van der Waals surface area contributed by atoms with Crippen LogP contribution in [0.1, 0.15) is 128 Å². The van der Waals surface area contributed by atoms with Crippen molar-refractivity contribution in [2.75, 3.05) is 6.54 Å². The Kier molecular flexibility index (Phi) is 10.6. The SMILES string of the molecule is CCC(C)(C)CC[C@@](C)(CCC(C)(C)[C@]1(C)CC[C@H]2C(C)(C)C(=O)C(C#N)=C[C@]2(C)[C@H]1CC(C)=O)C(=O)NCC(F)(F)F. The van der Waals surface area contributed by atoms with Crippen LogP contribution in [-0.2, 0) is 14.4 Å². The second kappa shape index (κ2) is 12.3. The van der Waals surface area contributed by atoms with Crippen molar-refractivity contribution in [3.8, 4) is 6.07 Å². The van der Waals surface area contributed by atoms with Gasteiger partial charge in [0.15, 0.2) is 5.78 Å². The molecule has 0 unspecified atom stereocenters. The van der Waals surface area contributed by atoms with Gasteiger partial charge in [-0.25, -0.2) is 0 Å². The normalized spacial score (nSPS) is 29.1. The van der Waals surface area contributed by atoms with Crippen LogP contribution in [0.2, 0.25) is 0 Å². The molecule has 2 rings (SSSR count). The third kappa shape index (κ3) is 7.56. The maximum absolute atomic E-state index is 13.4. The van der Waals surface area contributed by atoms with Crippen molar-refractivity contribution in [2.24, 2.45) is 44.3 Å². The fourth-order valence-corrected chi connectivity index (χ4v) is 8.12. The minimum atomic E-state index is -4.50. The number of rotatable bonds is 12. The lowest BCUT2D eigenvalue weighted by Gasteiger charge is -2.64. The Morgan fingerprint density at radius 3 is 2.07 bits per heavy atom. The van der Waals surface area contributed by atoms with Crippen molar-refractivity contribution in [1.82, 2.24) is 5.32 Å². The van der Waals surface area contributed by atoms with Crippen molar-refractivity contribution >= 4 is 17.5 Å². The zero-order valence-corrected chi connectivity index (χ0v) is 28.4. The number of carbonyl (C=O) groups is 3. The number of ketones is 2. The number of carbonyl (C=O) groups excluding carboxylic acids is 3. The number of alkyl halides is 3. The number of amides is 1. The number of fused-ring (bicyclic) bond motifs is 1. The summed E-state index contributed by atoms with van der Waals surface area (Å²) in [7, 11) is 0. The Hall–Kier alpha value is -2.17. The zero-order valence-electron chi connectivity index (χ0n) is 28.4. The highest BCUT2D eigenvalue weighted by Crippen LogP contribution is 2.68. The summed E-state index contributed by atoms with van der Waals surface area (Å²) in [6.07, 6.45) is 2.14. The van der Waals surface area contributed by atoms with Gasteiger partial charge in [0.25, 0.3) is 0 Å². The molecule has 2 aliphatic carbocycles. The summed E-state index contributed by atoms with van der Waals surface area (Å²) in [5.74, 6) is -0.923. The molecule has 0 aromatic rings. The highest BCUT2D eigenvalue weighted by molar-refractivity contribution is 6.04. The molecule has 5 nitrogen and oxygen atoms in total. The quantitative estimate of drug-likeness (QED) is 0.240. The molecule has 1 amide bonds. The van der Waals surface area contributed by atoms with Gasteiger partial charge in [-0.05, 0) is 78.9 Å². The largest absolute Gasteiger partial charge is 0.405 e. The minimum absolute atomic E-state index is 0.0358. The molecule has 0 aromatic heterocycles. The van der Waals surface area contributed by atoms with Gasteiger partial charge in [0.05, 0.1) is 5.57 Å². The smallest absolute Gasteiger partial charge is 0.347 e. The minimum Gasteiger partial charge on any atom is -0.347 e. The lowest BCUT2D eigenvalue weighted by Crippen LogP contribution is -2.60. The van der Waals surface area contributed by atoms with Crippen molar-refractivity contribution < 1.29 is 27.6 Å². The van der Waals surface area contributed by atoms with Crippen LogP contribution in [0.25, 0.3) is 0 Å². The molecule has 0 saturated heterocycles. The van der Waals surface area contributed by atoms with E-state index in [1.54, 1.807) is 13.8 Å². The molecule has 0 radical (unpaired) electrons. The van der Waals surface area contributed by atoms with Crippen LogP contribution in [0.5, 0.6) is 0 Å². The molecule has 0 aliphatic heterocycles. The second-order valence-corrected chi connectivity index (χ2v) is 16.3. The highest BCUT2D eigenvalue weighted by atomic mass is 19.4. The molecule has 0 bridgehead atoms. The fourth-order valence-electron chi connectivity index (χ4n) is 8.12. The zero-order chi connectivity index (χ0) is 33.4. The maximum atomic E-state index is 13.4. The Morgan fingerprint density at radius 2 is 1.58 bits per heavy atom. The van der Waals surface area contributed by atoms with Crippen molar-refractivity contribution in [1.29, 1.82) is 5.26 Å². The van der Waals surface area contributed by atoms with Gasteiger partial charge in [0, 0.05) is 17.3 Å². The number of hydrogen-bond donors (Lipinski definition) is 1. The molecular weight excluding hydrogens is 553 g/mol. The van der Waals surface area contributed by atoms with Gasteiger partial charge in [0.1, 0.15) is 18.4 Å². The first kappa shape index (κ1) is 37.0. The summed E-state index contributed by atoms with van der Waals surface area (Å²) < 4.78 is 39.2. The van der Waals surface area contributed by atoms with E-state index in [0.717, 1.165) is 19.3 Å². The first-order chi connectivity index (χ1) is 19.3. The van der Waals surface area contributed by atoms with E-state index in [1.807, 2.05) is 19.9 Å². The average Bonchev–Trinajstić information content (AvgIpc) is 2.88. The van der Waals surface area contributed by atoms with Crippen molar-refractivity contribution in [3.05, 3.63) is 11.6 Å².